The van der Waals surface area contributed by atoms with Crippen molar-refractivity contribution in [1.82, 2.24) is 30.3 Å². The SMILES string of the molecule is CC1CCC[C@@H](C)N1CCOc1ccc2cc(-c3n[nH]c4ccc(-c5n[nH]c(CC6CC6)n5)cc34)ccc2c1. The summed E-state index contributed by atoms with van der Waals surface area (Å²) in [6, 6.07) is 20.4. The van der Waals surface area contributed by atoms with Crippen LogP contribution in [0.15, 0.2) is 54.6 Å². The highest BCUT2D eigenvalue weighted by molar-refractivity contribution is 5.97. The molecule has 200 valence electrons. The van der Waals surface area contributed by atoms with Gasteiger partial charge >= 0.3 is 0 Å². The Hall–Kier alpha value is -3.71. The molecule has 3 aromatic carbocycles. The number of H-pyrrole nitrogens is 2. The summed E-state index contributed by atoms with van der Waals surface area (Å²) < 4.78 is 6.18. The van der Waals surface area contributed by atoms with Crippen LogP contribution in [0, 0.1) is 5.92 Å². The molecule has 1 saturated carbocycles. The van der Waals surface area contributed by atoms with Crippen molar-refractivity contribution in [2.24, 2.45) is 5.92 Å². The van der Waals surface area contributed by atoms with Crippen molar-refractivity contribution in [3.8, 4) is 28.4 Å². The van der Waals surface area contributed by atoms with Gasteiger partial charge in [0.1, 0.15) is 18.2 Å². The molecule has 1 aliphatic carbocycles. The van der Waals surface area contributed by atoms with Crippen LogP contribution in [0.4, 0.5) is 0 Å². The summed E-state index contributed by atoms with van der Waals surface area (Å²) in [4.78, 5) is 7.34. The first-order chi connectivity index (χ1) is 19.1. The Morgan fingerprint density at radius 2 is 1.64 bits per heavy atom. The van der Waals surface area contributed by atoms with Crippen LogP contribution in [0.3, 0.4) is 0 Å². The number of aromatic amines is 2. The number of fused-ring (bicyclic) bond motifs is 2. The second kappa shape index (κ2) is 10.1. The van der Waals surface area contributed by atoms with Crippen molar-refractivity contribution in [2.75, 3.05) is 13.2 Å². The van der Waals surface area contributed by atoms with Crippen molar-refractivity contribution in [3.63, 3.8) is 0 Å². The van der Waals surface area contributed by atoms with E-state index in [0.29, 0.717) is 18.7 Å². The monoisotopic (exact) mass is 520 g/mol. The predicted octanol–water partition coefficient (Wildman–Crippen LogP) is 6.76. The molecular weight excluding hydrogens is 484 g/mol. The highest BCUT2D eigenvalue weighted by Gasteiger charge is 2.24. The fourth-order valence-corrected chi connectivity index (χ4v) is 6.13. The quantitative estimate of drug-likeness (QED) is 0.236. The Morgan fingerprint density at radius 1 is 0.846 bits per heavy atom. The fourth-order valence-electron chi connectivity index (χ4n) is 6.13. The average molecular weight is 521 g/mol. The summed E-state index contributed by atoms with van der Waals surface area (Å²) in [7, 11) is 0. The lowest BCUT2D eigenvalue weighted by molar-refractivity contribution is 0.0852. The minimum atomic E-state index is 0.641. The number of hydrogen-bond donors (Lipinski definition) is 2. The first-order valence-electron chi connectivity index (χ1n) is 14.4. The molecule has 0 bridgehead atoms. The number of piperidine rings is 1. The first-order valence-corrected chi connectivity index (χ1v) is 14.4. The molecule has 7 nitrogen and oxygen atoms in total. The molecule has 1 saturated heterocycles. The molecule has 3 heterocycles. The molecule has 1 aliphatic heterocycles. The normalized spacial score (nSPS) is 20.2. The van der Waals surface area contributed by atoms with Crippen LogP contribution in [0.25, 0.3) is 44.3 Å². The van der Waals surface area contributed by atoms with Gasteiger partial charge in [-0.25, -0.2) is 4.98 Å². The molecule has 5 aromatic rings. The topological polar surface area (TPSA) is 82.7 Å². The maximum atomic E-state index is 6.18. The van der Waals surface area contributed by atoms with Crippen LogP contribution in [0.5, 0.6) is 5.75 Å². The second-order valence-corrected chi connectivity index (χ2v) is 11.5. The third-order valence-corrected chi connectivity index (χ3v) is 8.61. The number of nitrogens with one attached hydrogen (secondary N) is 2. The Kier molecular flexibility index (Phi) is 6.31. The Labute approximate surface area is 229 Å². The zero-order valence-electron chi connectivity index (χ0n) is 22.8. The minimum Gasteiger partial charge on any atom is -0.492 e. The zero-order chi connectivity index (χ0) is 26.3. The molecule has 2 aromatic heterocycles. The summed E-state index contributed by atoms with van der Waals surface area (Å²) in [6.45, 7) is 6.37. The van der Waals surface area contributed by atoms with Gasteiger partial charge in [0.05, 0.1) is 11.2 Å². The molecular formula is C32H36N6O. The Balaban J connectivity index is 1.09. The Bertz CT molecular complexity index is 1610. The van der Waals surface area contributed by atoms with Gasteiger partial charge in [0.15, 0.2) is 5.82 Å². The highest BCUT2D eigenvalue weighted by Crippen LogP contribution is 2.34. The third kappa shape index (κ3) is 5.03. The number of benzene rings is 3. The molecule has 7 heteroatoms. The minimum absolute atomic E-state index is 0.641. The van der Waals surface area contributed by atoms with Gasteiger partial charge in [-0.1, -0.05) is 24.6 Å². The van der Waals surface area contributed by atoms with E-state index in [0.717, 1.165) is 64.0 Å². The summed E-state index contributed by atoms with van der Waals surface area (Å²) in [5, 5.41) is 18.9. The Morgan fingerprint density at radius 3 is 2.49 bits per heavy atom. The molecule has 1 unspecified atom stereocenters. The van der Waals surface area contributed by atoms with Crippen LogP contribution in [-0.2, 0) is 6.42 Å². The van der Waals surface area contributed by atoms with E-state index in [1.165, 1.54) is 42.9 Å². The summed E-state index contributed by atoms with van der Waals surface area (Å²) in [5.74, 6) is 3.43. The van der Waals surface area contributed by atoms with E-state index in [1.54, 1.807) is 0 Å². The summed E-state index contributed by atoms with van der Waals surface area (Å²) in [5.41, 5.74) is 4.02. The van der Waals surface area contributed by atoms with Crippen LogP contribution in [0.2, 0.25) is 0 Å². The standard InChI is InChI=1S/C32H36N6O/c1-20-4-3-5-21(2)38(20)14-15-39-27-12-10-23-17-25(9-8-24(23)18-27)31-28-19-26(11-13-29(28)34-36-31)32-33-30(35-37-32)16-22-6-7-22/h8-13,17-22H,3-7,14-16H2,1-2H3,(H,34,36)(H,33,35,37)/t20-,21?/m1/s1. The van der Waals surface area contributed by atoms with Crippen LogP contribution in [-0.4, -0.2) is 55.5 Å². The van der Waals surface area contributed by atoms with Crippen LogP contribution < -0.4 is 4.74 Å². The van der Waals surface area contributed by atoms with E-state index < -0.39 is 0 Å². The van der Waals surface area contributed by atoms with E-state index in [1.807, 2.05) is 0 Å². The van der Waals surface area contributed by atoms with Crippen molar-refractivity contribution < 1.29 is 4.74 Å². The molecule has 2 aliphatic rings. The molecule has 0 spiro atoms. The number of likely N-dealkylation sites (tertiary alicyclic amines) is 1. The van der Waals surface area contributed by atoms with E-state index in [-0.39, 0.29) is 0 Å². The van der Waals surface area contributed by atoms with Gasteiger partial charge in [-0.3, -0.25) is 15.1 Å². The maximum absolute atomic E-state index is 6.18. The molecule has 2 N–H and O–H groups in total. The molecule has 39 heavy (non-hydrogen) atoms. The molecule has 0 amide bonds. The molecule has 2 fully saturated rings. The van der Waals surface area contributed by atoms with Gasteiger partial charge in [0.2, 0.25) is 0 Å². The number of ether oxygens (including phenoxy) is 1. The van der Waals surface area contributed by atoms with Gasteiger partial charge in [-0.15, -0.1) is 0 Å². The van der Waals surface area contributed by atoms with Gasteiger partial charge in [0.25, 0.3) is 0 Å². The zero-order valence-corrected chi connectivity index (χ0v) is 22.8. The van der Waals surface area contributed by atoms with E-state index in [9.17, 15) is 0 Å². The van der Waals surface area contributed by atoms with Crippen molar-refractivity contribution in [1.29, 1.82) is 0 Å². The molecule has 2 atom stereocenters. The molecule has 7 rings (SSSR count). The van der Waals surface area contributed by atoms with Crippen LogP contribution >= 0.6 is 0 Å². The third-order valence-electron chi connectivity index (χ3n) is 8.61. The average Bonchev–Trinajstić information content (AvgIpc) is 3.46. The lowest BCUT2D eigenvalue weighted by atomic mass is 9.98. The fraction of sp³-hybridized carbons (Fsp3) is 0.406. The largest absolute Gasteiger partial charge is 0.492 e. The molecule has 0 radical (unpaired) electrons. The van der Waals surface area contributed by atoms with Crippen molar-refractivity contribution in [3.05, 3.63) is 60.4 Å². The van der Waals surface area contributed by atoms with E-state index in [4.69, 9.17) is 9.72 Å². The second-order valence-electron chi connectivity index (χ2n) is 11.5. The van der Waals surface area contributed by atoms with Gasteiger partial charge in [0, 0.05) is 41.6 Å². The van der Waals surface area contributed by atoms with E-state index >= 15 is 0 Å². The summed E-state index contributed by atoms with van der Waals surface area (Å²) >= 11 is 0. The number of nitrogens with zero attached hydrogens (tertiary/aromatic N) is 4. The van der Waals surface area contributed by atoms with Crippen molar-refractivity contribution >= 4 is 21.7 Å². The summed E-state index contributed by atoms with van der Waals surface area (Å²) in [6.07, 6.45) is 7.51. The van der Waals surface area contributed by atoms with Gasteiger partial charge < -0.3 is 4.74 Å². The highest BCUT2D eigenvalue weighted by atomic mass is 16.5. The van der Waals surface area contributed by atoms with Gasteiger partial charge in [-0.05, 0) is 92.6 Å². The van der Waals surface area contributed by atoms with Crippen LogP contribution in [0.1, 0.15) is 51.8 Å². The maximum Gasteiger partial charge on any atom is 0.181 e. The smallest absolute Gasteiger partial charge is 0.181 e. The van der Waals surface area contributed by atoms with Gasteiger partial charge in [-0.2, -0.15) is 10.2 Å². The lowest BCUT2D eigenvalue weighted by Crippen LogP contribution is -2.45. The predicted molar refractivity (Wildman–Crippen MR) is 156 cm³/mol. The number of hydrogen-bond acceptors (Lipinski definition) is 5. The lowest BCUT2D eigenvalue weighted by Gasteiger charge is -2.38. The van der Waals surface area contributed by atoms with Crippen molar-refractivity contribution in [2.45, 2.75) is 64.5 Å². The van der Waals surface area contributed by atoms with E-state index in [2.05, 4.69) is 93.7 Å². The number of aromatic nitrogens is 5. The first kappa shape index (κ1) is 24.3. The number of rotatable bonds is 8.